The first-order valence-electron chi connectivity index (χ1n) is 5.67. The molecule has 0 saturated heterocycles. The zero-order valence-corrected chi connectivity index (χ0v) is 9.71. The van der Waals surface area contributed by atoms with Gasteiger partial charge in [0, 0.05) is 12.1 Å². The van der Waals surface area contributed by atoms with Gasteiger partial charge < -0.3 is 10.1 Å². The van der Waals surface area contributed by atoms with E-state index in [1.165, 1.54) is 11.1 Å². The van der Waals surface area contributed by atoms with Crippen LogP contribution in [0, 0.1) is 0 Å². The van der Waals surface area contributed by atoms with Gasteiger partial charge in [-0.15, -0.1) is 0 Å². The van der Waals surface area contributed by atoms with Crippen molar-refractivity contribution in [3.8, 4) is 5.75 Å². The number of rotatable bonds is 2. The summed E-state index contributed by atoms with van der Waals surface area (Å²) >= 11 is 0. The molecule has 0 radical (unpaired) electrons. The van der Waals surface area contributed by atoms with Crippen LogP contribution >= 0.6 is 0 Å². The summed E-state index contributed by atoms with van der Waals surface area (Å²) in [4.78, 5) is 0. The molecule has 2 atom stereocenters. The van der Waals surface area contributed by atoms with E-state index in [0.717, 1.165) is 18.6 Å². The maximum atomic E-state index is 5.26. The lowest BCUT2D eigenvalue weighted by atomic mass is 9.89. The van der Waals surface area contributed by atoms with E-state index in [9.17, 15) is 0 Å². The number of nitrogens with one attached hydrogen (secondary N) is 1. The summed E-state index contributed by atoms with van der Waals surface area (Å²) in [5.41, 5.74) is 2.88. The van der Waals surface area contributed by atoms with Crippen LogP contribution in [0.2, 0.25) is 0 Å². The van der Waals surface area contributed by atoms with Gasteiger partial charge in [-0.3, -0.25) is 0 Å². The Morgan fingerprint density at radius 1 is 1.47 bits per heavy atom. The second-order valence-corrected chi connectivity index (χ2v) is 4.30. The van der Waals surface area contributed by atoms with Gasteiger partial charge in [-0.1, -0.05) is 13.0 Å². The summed E-state index contributed by atoms with van der Waals surface area (Å²) in [6.07, 6.45) is 2.24. The molecule has 0 bridgehead atoms. The number of ether oxygens (including phenoxy) is 1. The monoisotopic (exact) mass is 205 g/mol. The van der Waals surface area contributed by atoms with Gasteiger partial charge in [0.15, 0.2) is 0 Å². The first-order valence-corrected chi connectivity index (χ1v) is 5.67. The zero-order valence-electron chi connectivity index (χ0n) is 9.71. The topological polar surface area (TPSA) is 21.3 Å². The van der Waals surface area contributed by atoms with Crippen molar-refractivity contribution in [1.29, 1.82) is 0 Å². The number of methoxy groups -OCH3 is 1. The molecule has 1 heterocycles. The van der Waals surface area contributed by atoms with Crippen molar-refractivity contribution >= 4 is 0 Å². The highest BCUT2D eigenvalue weighted by atomic mass is 16.5. The number of hydrogen-bond acceptors (Lipinski definition) is 2. The van der Waals surface area contributed by atoms with Crippen LogP contribution in [0.4, 0.5) is 0 Å². The van der Waals surface area contributed by atoms with Crippen molar-refractivity contribution in [2.75, 3.05) is 7.11 Å². The van der Waals surface area contributed by atoms with E-state index in [1.807, 2.05) is 0 Å². The summed E-state index contributed by atoms with van der Waals surface area (Å²) in [5.74, 6) is 0.970. The molecule has 2 unspecified atom stereocenters. The average Bonchev–Trinajstić information content (AvgIpc) is 2.26. The lowest BCUT2D eigenvalue weighted by Crippen LogP contribution is -2.37. The Hall–Kier alpha value is -1.02. The molecule has 1 aliphatic rings. The van der Waals surface area contributed by atoms with Crippen molar-refractivity contribution in [3.05, 3.63) is 29.3 Å². The van der Waals surface area contributed by atoms with Crippen LogP contribution in [0.15, 0.2) is 18.2 Å². The first-order chi connectivity index (χ1) is 7.24. The number of benzene rings is 1. The predicted octanol–water partition coefficient (Wildman–Crippen LogP) is 2.68. The minimum Gasteiger partial charge on any atom is -0.497 e. The second kappa shape index (κ2) is 4.23. The Kier molecular flexibility index (Phi) is 2.96. The molecule has 1 N–H and O–H groups in total. The minimum atomic E-state index is 0.509. The van der Waals surface area contributed by atoms with E-state index in [2.05, 4.69) is 37.4 Å². The molecular formula is C13H19NO. The molecule has 1 aromatic carbocycles. The maximum absolute atomic E-state index is 5.26. The maximum Gasteiger partial charge on any atom is 0.119 e. The van der Waals surface area contributed by atoms with Crippen molar-refractivity contribution in [2.24, 2.45) is 0 Å². The summed E-state index contributed by atoms with van der Waals surface area (Å²) < 4.78 is 5.26. The molecule has 15 heavy (non-hydrogen) atoms. The van der Waals surface area contributed by atoms with Crippen LogP contribution in [0.3, 0.4) is 0 Å². The molecule has 2 rings (SSSR count). The molecule has 0 spiro atoms. The fourth-order valence-corrected chi connectivity index (χ4v) is 2.39. The fraction of sp³-hybridized carbons (Fsp3) is 0.538. The molecule has 0 fully saturated rings. The highest BCUT2D eigenvalue weighted by molar-refractivity contribution is 5.39. The van der Waals surface area contributed by atoms with E-state index in [1.54, 1.807) is 7.11 Å². The van der Waals surface area contributed by atoms with Gasteiger partial charge in [0.1, 0.15) is 5.75 Å². The van der Waals surface area contributed by atoms with Gasteiger partial charge in [0.2, 0.25) is 0 Å². The van der Waals surface area contributed by atoms with E-state index in [4.69, 9.17) is 4.74 Å². The lowest BCUT2D eigenvalue weighted by molar-refractivity contribution is 0.400. The van der Waals surface area contributed by atoms with Crippen LogP contribution in [0.25, 0.3) is 0 Å². The minimum absolute atomic E-state index is 0.509. The second-order valence-electron chi connectivity index (χ2n) is 4.30. The van der Waals surface area contributed by atoms with Crippen molar-refractivity contribution in [2.45, 2.75) is 38.8 Å². The van der Waals surface area contributed by atoms with Crippen molar-refractivity contribution in [1.82, 2.24) is 5.32 Å². The third-order valence-corrected chi connectivity index (χ3v) is 3.15. The van der Waals surface area contributed by atoms with Crippen LogP contribution in [0.1, 0.15) is 37.4 Å². The summed E-state index contributed by atoms with van der Waals surface area (Å²) in [6, 6.07) is 7.50. The molecule has 82 valence electrons. The largest absolute Gasteiger partial charge is 0.497 e. The van der Waals surface area contributed by atoms with Crippen molar-refractivity contribution < 1.29 is 4.74 Å². The fourth-order valence-electron chi connectivity index (χ4n) is 2.39. The molecule has 0 saturated carbocycles. The standard InChI is InChI=1S/C13H19NO/c1-4-13-12-6-5-11(15-3)8-10(12)7-9(2)14-13/h5-6,8-9,13-14H,4,7H2,1-3H3. The third-order valence-electron chi connectivity index (χ3n) is 3.15. The van der Waals surface area contributed by atoms with Gasteiger partial charge in [0.05, 0.1) is 7.11 Å². The molecule has 0 amide bonds. The Balaban J connectivity index is 2.37. The van der Waals surface area contributed by atoms with Gasteiger partial charge >= 0.3 is 0 Å². The van der Waals surface area contributed by atoms with Gasteiger partial charge in [-0.05, 0) is 43.0 Å². The smallest absolute Gasteiger partial charge is 0.119 e. The molecule has 2 heteroatoms. The molecule has 1 aliphatic heterocycles. The summed E-state index contributed by atoms with van der Waals surface area (Å²) in [5, 5.41) is 3.62. The third kappa shape index (κ3) is 2.00. The van der Waals surface area contributed by atoms with Gasteiger partial charge in [0.25, 0.3) is 0 Å². The Bertz CT molecular complexity index is 348. The molecular weight excluding hydrogens is 186 g/mol. The van der Waals surface area contributed by atoms with E-state index in [-0.39, 0.29) is 0 Å². The van der Waals surface area contributed by atoms with Crippen LogP contribution in [-0.4, -0.2) is 13.2 Å². The van der Waals surface area contributed by atoms with Gasteiger partial charge in [-0.25, -0.2) is 0 Å². The quantitative estimate of drug-likeness (QED) is 0.801. The number of hydrogen-bond donors (Lipinski definition) is 1. The van der Waals surface area contributed by atoms with Gasteiger partial charge in [-0.2, -0.15) is 0 Å². The van der Waals surface area contributed by atoms with Crippen LogP contribution < -0.4 is 10.1 Å². The van der Waals surface area contributed by atoms with E-state index in [0.29, 0.717) is 12.1 Å². The lowest BCUT2D eigenvalue weighted by Gasteiger charge is -2.31. The van der Waals surface area contributed by atoms with Crippen molar-refractivity contribution in [3.63, 3.8) is 0 Å². The Labute approximate surface area is 91.6 Å². The molecule has 2 nitrogen and oxygen atoms in total. The van der Waals surface area contributed by atoms with E-state index < -0.39 is 0 Å². The SMILES string of the molecule is CCC1NC(C)Cc2cc(OC)ccc21. The molecule has 0 aromatic heterocycles. The molecule has 1 aromatic rings. The van der Waals surface area contributed by atoms with Crippen LogP contribution in [-0.2, 0) is 6.42 Å². The average molecular weight is 205 g/mol. The molecule has 0 aliphatic carbocycles. The number of fused-ring (bicyclic) bond motifs is 1. The predicted molar refractivity (Wildman–Crippen MR) is 62.3 cm³/mol. The normalized spacial score (nSPS) is 24.7. The van der Waals surface area contributed by atoms with Crippen LogP contribution in [0.5, 0.6) is 5.75 Å². The zero-order chi connectivity index (χ0) is 10.8. The highest BCUT2D eigenvalue weighted by Gasteiger charge is 2.22. The highest BCUT2D eigenvalue weighted by Crippen LogP contribution is 2.30. The first kappa shape index (κ1) is 10.5. The Morgan fingerprint density at radius 3 is 2.93 bits per heavy atom. The Morgan fingerprint density at radius 2 is 2.27 bits per heavy atom. The summed E-state index contributed by atoms with van der Waals surface area (Å²) in [6.45, 7) is 4.47. The summed E-state index contributed by atoms with van der Waals surface area (Å²) in [7, 11) is 1.73. The van der Waals surface area contributed by atoms with E-state index >= 15 is 0 Å².